The van der Waals surface area contributed by atoms with E-state index in [0.717, 1.165) is 9.65 Å². The van der Waals surface area contributed by atoms with E-state index in [-0.39, 0.29) is 11.3 Å². The third-order valence-corrected chi connectivity index (χ3v) is 4.75. The Bertz CT molecular complexity index is 939. The van der Waals surface area contributed by atoms with Crippen molar-refractivity contribution in [3.63, 3.8) is 0 Å². The molecule has 2 aromatic rings. The molecule has 0 radical (unpaired) electrons. The second-order valence-electron chi connectivity index (χ2n) is 6.80. The molecule has 0 saturated heterocycles. The van der Waals surface area contributed by atoms with Crippen LogP contribution in [0.15, 0.2) is 60.7 Å². The molecule has 8 heteroatoms. The average molecular weight is 509 g/mol. The lowest BCUT2D eigenvalue weighted by molar-refractivity contribution is -0.131. The van der Waals surface area contributed by atoms with Crippen LogP contribution in [0.3, 0.4) is 0 Å². The number of aromatic hydroxyl groups is 1. The van der Waals surface area contributed by atoms with Gasteiger partial charge in [-0.3, -0.25) is 10.1 Å². The molecule has 0 aromatic heterocycles. The number of phenolic OH excluding ortho intramolecular Hbond substituents is 1. The van der Waals surface area contributed by atoms with E-state index in [9.17, 15) is 19.5 Å². The molecule has 0 aliphatic heterocycles. The summed E-state index contributed by atoms with van der Waals surface area (Å²) in [5.74, 6) is -1.91. The fourth-order valence-corrected chi connectivity index (χ4v) is 3.13. The maximum Gasteiger partial charge on any atom is 0.414 e. The number of ether oxygens (including phenoxy) is 1. The fourth-order valence-electron chi connectivity index (χ4n) is 2.62. The summed E-state index contributed by atoms with van der Waals surface area (Å²) in [5.41, 5.74) is -0.435. The third-order valence-electron chi connectivity index (χ3n) is 4.08. The van der Waals surface area contributed by atoms with Crippen LogP contribution in [0.4, 0.5) is 4.79 Å². The molecule has 0 spiro atoms. The standard InChI is InChI=1S/C21H20INO6/c1-21(2,11-10-17(25)26)18(15-12-14(22)8-9-16(15)24)29-20(28)23-19(27)13-6-4-3-5-7-13/h3-12,18,24H,1-2H3,(H,25,26)(H,23,27,28)/b11-10+/t18-/m1/s1. The van der Waals surface area contributed by atoms with Crippen molar-refractivity contribution in [3.8, 4) is 5.75 Å². The van der Waals surface area contributed by atoms with E-state index in [1.54, 1.807) is 56.3 Å². The predicted molar refractivity (Wildman–Crippen MR) is 115 cm³/mol. The van der Waals surface area contributed by atoms with Crippen LogP contribution in [0.5, 0.6) is 5.75 Å². The van der Waals surface area contributed by atoms with Crippen molar-refractivity contribution in [2.24, 2.45) is 5.41 Å². The highest BCUT2D eigenvalue weighted by Gasteiger charge is 2.35. The van der Waals surface area contributed by atoms with Gasteiger partial charge in [0.05, 0.1) is 0 Å². The molecule has 152 valence electrons. The van der Waals surface area contributed by atoms with Gasteiger partial charge in [-0.15, -0.1) is 0 Å². The lowest BCUT2D eigenvalue weighted by Crippen LogP contribution is -2.35. The van der Waals surface area contributed by atoms with Crippen molar-refractivity contribution in [1.82, 2.24) is 5.32 Å². The Balaban J connectivity index is 2.32. The van der Waals surface area contributed by atoms with Gasteiger partial charge in [0.25, 0.3) is 5.91 Å². The number of imide groups is 1. The molecule has 0 unspecified atom stereocenters. The first-order chi connectivity index (χ1) is 13.6. The largest absolute Gasteiger partial charge is 0.508 e. The minimum atomic E-state index is -1.16. The predicted octanol–water partition coefficient (Wildman–Crippen LogP) is 4.27. The number of hydrogen-bond acceptors (Lipinski definition) is 5. The van der Waals surface area contributed by atoms with Crippen molar-refractivity contribution in [2.75, 3.05) is 0 Å². The first-order valence-corrected chi connectivity index (χ1v) is 9.65. The molecule has 0 bridgehead atoms. The van der Waals surface area contributed by atoms with Crippen LogP contribution in [0.25, 0.3) is 0 Å². The Hall–Kier alpha value is -2.88. The summed E-state index contributed by atoms with van der Waals surface area (Å²) in [6.45, 7) is 3.31. The van der Waals surface area contributed by atoms with Gasteiger partial charge in [0.15, 0.2) is 0 Å². The Morgan fingerprint density at radius 3 is 2.41 bits per heavy atom. The second kappa shape index (κ2) is 9.55. The van der Waals surface area contributed by atoms with Crippen molar-refractivity contribution in [2.45, 2.75) is 20.0 Å². The van der Waals surface area contributed by atoms with Gasteiger partial charge < -0.3 is 14.9 Å². The van der Waals surface area contributed by atoms with Gasteiger partial charge in [0.2, 0.25) is 0 Å². The Kier molecular flexibility index (Phi) is 7.38. The van der Waals surface area contributed by atoms with Crippen LogP contribution >= 0.6 is 22.6 Å². The highest BCUT2D eigenvalue weighted by molar-refractivity contribution is 14.1. The van der Waals surface area contributed by atoms with E-state index in [1.165, 1.54) is 12.1 Å². The Morgan fingerprint density at radius 2 is 1.79 bits per heavy atom. The van der Waals surface area contributed by atoms with Gasteiger partial charge in [-0.1, -0.05) is 38.1 Å². The minimum Gasteiger partial charge on any atom is -0.508 e. The number of amides is 2. The average Bonchev–Trinajstić information content (AvgIpc) is 2.67. The molecule has 2 amide bonds. The van der Waals surface area contributed by atoms with E-state index in [1.807, 2.05) is 22.6 Å². The summed E-state index contributed by atoms with van der Waals surface area (Å²) in [7, 11) is 0. The maximum absolute atomic E-state index is 12.4. The first-order valence-electron chi connectivity index (χ1n) is 8.58. The molecule has 1 atom stereocenters. The molecule has 2 rings (SSSR count). The molecule has 7 nitrogen and oxygen atoms in total. The number of halogens is 1. The molecule has 29 heavy (non-hydrogen) atoms. The van der Waals surface area contributed by atoms with E-state index in [4.69, 9.17) is 9.84 Å². The SMILES string of the molecule is CC(C)(/C=C/C(=O)O)[C@H](OC(=O)NC(=O)c1ccccc1)c1cc(I)ccc1O. The number of carboxylic acid groups (broad SMARTS) is 1. The molecule has 0 saturated carbocycles. The van der Waals surface area contributed by atoms with Gasteiger partial charge in [-0.2, -0.15) is 0 Å². The molecule has 3 N–H and O–H groups in total. The monoisotopic (exact) mass is 509 g/mol. The van der Waals surface area contributed by atoms with Crippen LogP contribution in [0.1, 0.15) is 35.9 Å². The lowest BCUT2D eigenvalue weighted by atomic mass is 9.81. The zero-order valence-corrected chi connectivity index (χ0v) is 17.9. The quantitative estimate of drug-likeness (QED) is 0.396. The van der Waals surface area contributed by atoms with Gasteiger partial charge in [0.1, 0.15) is 11.9 Å². The molecule has 2 aromatic carbocycles. The number of carbonyl (C=O) groups excluding carboxylic acids is 2. The van der Waals surface area contributed by atoms with Gasteiger partial charge in [-0.05, 0) is 52.9 Å². The highest BCUT2D eigenvalue weighted by atomic mass is 127. The Morgan fingerprint density at radius 1 is 1.14 bits per heavy atom. The van der Waals surface area contributed by atoms with E-state index in [2.05, 4.69) is 5.32 Å². The smallest absolute Gasteiger partial charge is 0.414 e. The highest BCUT2D eigenvalue weighted by Crippen LogP contribution is 2.42. The molecule has 0 aliphatic rings. The van der Waals surface area contributed by atoms with Crippen LogP contribution in [0, 0.1) is 8.99 Å². The Labute approximate surface area is 181 Å². The van der Waals surface area contributed by atoms with Crippen LogP contribution in [0.2, 0.25) is 0 Å². The number of carboxylic acids is 1. The van der Waals surface area contributed by atoms with E-state index < -0.39 is 29.5 Å². The number of aliphatic carboxylic acids is 1. The molecule has 0 aliphatic carbocycles. The second-order valence-corrected chi connectivity index (χ2v) is 8.05. The number of nitrogens with one attached hydrogen (secondary N) is 1. The van der Waals surface area contributed by atoms with Gasteiger partial charge in [-0.25, -0.2) is 9.59 Å². The number of carbonyl (C=O) groups is 3. The molecule has 0 fully saturated rings. The topological polar surface area (TPSA) is 113 Å². The third kappa shape index (κ3) is 6.31. The van der Waals surface area contributed by atoms with E-state index >= 15 is 0 Å². The summed E-state index contributed by atoms with van der Waals surface area (Å²) < 4.78 is 6.26. The number of phenols is 1. The summed E-state index contributed by atoms with van der Waals surface area (Å²) in [4.78, 5) is 35.6. The number of hydrogen-bond donors (Lipinski definition) is 3. The van der Waals surface area contributed by atoms with Crippen molar-refractivity contribution in [1.29, 1.82) is 0 Å². The minimum absolute atomic E-state index is 0.116. The van der Waals surface area contributed by atoms with Crippen LogP contribution in [-0.2, 0) is 9.53 Å². The number of alkyl carbamates (subject to hydrolysis) is 1. The summed E-state index contributed by atoms with van der Waals surface area (Å²) in [6, 6.07) is 12.9. The summed E-state index contributed by atoms with van der Waals surface area (Å²) in [6.07, 6.45) is 0.232. The first kappa shape index (κ1) is 22.4. The number of rotatable bonds is 6. The van der Waals surface area contributed by atoms with Crippen molar-refractivity contribution in [3.05, 3.63) is 75.4 Å². The molecular formula is C21H20INO6. The van der Waals surface area contributed by atoms with Gasteiger partial charge >= 0.3 is 12.1 Å². The summed E-state index contributed by atoms with van der Waals surface area (Å²) in [5, 5.41) is 21.4. The van der Waals surface area contributed by atoms with Crippen molar-refractivity contribution < 1.29 is 29.3 Å². The summed E-state index contributed by atoms with van der Waals surface area (Å²) >= 11 is 2.04. The lowest BCUT2D eigenvalue weighted by Gasteiger charge is -2.32. The zero-order chi connectivity index (χ0) is 21.6. The van der Waals surface area contributed by atoms with Gasteiger partial charge in [0, 0.05) is 26.2 Å². The zero-order valence-electron chi connectivity index (χ0n) is 15.8. The van der Waals surface area contributed by atoms with Crippen molar-refractivity contribution >= 4 is 40.6 Å². The van der Waals surface area contributed by atoms with Crippen LogP contribution in [-0.4, -0.2) is 28.2 Å². The normalized spacial score (nSPS) is 12.4. The molecular weight excluding hydrogens is 489 g/mol. The van der Waals surface area contributed by atoms with E-state index in [0.29, 0.717) is 5.56 Å². The van der Waals surface area contributed by atoms with Crippen LogP contribution < -0.4 is 5.32 Å². The number of benzene rings is 2. The maximum atomic E-state index is 12.4. The fraction of sp³-hybridized carbons (Fsp3) is 0.190. The molecule has 0 heterocycles.